The van der Waals surface area contributed by atoms with Crippen molar-refractivity contribution in [2.75, 3.05) is 11.9 Å². The fraction of sp³-hybridized carbons (Fsp3) is 0.250. The monoisotopic (exact) mass is 223 g/mol. The first-order valence-electron chi connectivity index (χ1n) is 6.20. The fourth-order valence-corrected chi connectivity index (χ4v) is 2.66. The van der Waals surface area contributed by atoms with E-state index in [-0.39, 0.29) is 0 Å². The molecule has 0 radical (unpaired) electrons. The van der Waals surface area contributed by atoms with Gasteiger partial charge < -0.3 is 4.90 Å². The molecule has 86 valence electrons. The molecule has 17 heavy (non-hydrogen) atoms. The van der Waals surface area contributed by atoms with Crippen LogP contribution in [-0.2, 0) is 19.4 Å². The minimum Gasteiger partial charge on any atom is -0.370 e. The molecule has 0 spiro atoms. The highest BCUT2D eigenvalue weighted by molar-refractivity contribution is 5.55. The zero-order valence-corrected chi connectivity index (χ0v) is 10.2. The van der Waals surface area contributed by atoms with Gasteiger partial charge in [0.05, 0.1) is 0 Å². The Morgan fingerprint density at radius 2 is 1.35 bits per heavy atom. The SMILES string of the molecule is CN1Cc2ccccc2CCc2ccccc21. The van der Waals surface area contributed by atoms with Crippen LogP contribution >= 0.6 is 0 Å². The molecule has 1 aliphatic rings. The van der Waals surface area contributed by atoms with Crippen LogP contribution < -0.4 is 4.90 Å². The fourth-order valence-electron chi connectivity index (χ4n) is 2.66. The van der Waals surface area contributed by atoms with Crippen LogP contribution in [0.4, 0.5) is 5.69 Å². The second-order valence-electron chi connectivity index (χ2n) is 4.75. The highest BCUT2D eigenvalue weighted by atomic mass is 15.1. The molecule has 0 aromatic heterocycles. The van der Waals surface area contributed by atoms with Gasteiger partial charge in [-0.2, -0.15) is 0 Å². The van der Waals surface area contributed by atoms with Crippen molar-refractivity contribution in [2.24, 2.45) is 0 Å². The van der Waals surface area contributed by atoms with Gasteiger partial charge in [0.1, 0.15) is 0 Å². The zero-order valence-electron chi connectivity index (χ0n) is 10.2. The van der Waals surface area contributed by atoms with Crippen molar-refractivity contribution in [2.45, 2.75) is 19.4 Å². The quantitative estimate of drug-likeness (QED) is 0.661. The van der Waals surface area contributed by atoms with Crippen LogP contribution in [0.1, 0.15) is 16.7 Å². The van der Waals surface area contributed by atoms with Crippen molar-refractivity contribution in [1.29, 1.82) is 0 Å². The highest BCUT2D eigenvalue weighted by Crippen LogP contribution is 2.26. The maximum atomic E-state index is 2.35. The molecular weight excluding hydrogens is 206 g/mol. The summed E-state index contributed by atoms with van der Waals surface area (Å²) in [6.45, 7) is 1.01. The number of hydrogen-bond donors (Lipinski definition) is 0. The molecule has 0 saturated carbocycles. The molecule has 2 aromatic rings. The van der Waals surface area contributed by atoms with Crippen LogP contribution in [0.3, 0.4) is 0 Å². The predicted octanol–water partition coefficient (Wildman–Crippen LogP) is 3.42. The number of benzene rings is 2. The Hall–Kier alpha value is -1.76. The van der Waals surface area contributed by atoms with E-state index in [4.69, 9.17) is 0 Å². The molecule has 0 atom stereocenters. The number of nitrogens with zero attached hydrogens (tertiary/aromatic N) is 1. The summed E-state index contributed by atoms with van der Waals surface area (Å²) in [6.07, 6.45) is 2.29. The lowest BCUT2D eigenvalue weighted by atomic mass is 9.96. The summed E-state index contributed by atoms with van der Waals surface area (Å²) in [5.41, 5.74) is 5.80. The molecule has 2 aromatic carbocycles. The van der Waals surface area contributed by atoms with Crippen molar-refractivity contribution < 1.29 is 0 Å². The average molecular weight is 223 g/mol. The molecule has 0 unspecified atom stereocenters. The maximum absolute atomic E-state index is 2.35. The summed E-state index contributed by atoms with van der Waals surface area (Å²) >= 11 is 0. The molecule has 0 saturated heterocycles. The van der Waals surface area contributed by atoms with Gasteiger partial charge in [-0.15, -0.1) is 0 Å². The first kappa shape index (κ1) is 10.4. The lowest BCUT2D eigenvalue weighted by Crippen LogP contribution is -2.21. The number of rotatable bonds is 0. The molecule has 1 heterocycles. The van der Waals surface area contributed by atoms with Crippen LogP contribution in [-0.4, -0.2) is 7.05 Å². The first-order valence-corrected chi connectivity index (χ1v) is 6.20. The third-order valence-electron chi connectivity index (χ3n) is 3.59. The second-order valence-corrected chi connectivity index (χ2v) is 4.75. The minimum atomic E-state index is 1.01. The number of anilines is 1. The average Bonchev–Trinajstić information content (AvgIpc) is 2.36. The molecule has 0 N–H and O–H groups in total. The first-order chi connectivity index (χ1) is 8.34. The Morgan fingerprint density at radius 3 is 2.18 bits per heavy atom. The Morgan fingerprint density at radius 1 is 0.765 bits per heavy atom. The maximum Gasteiger partial charge on any atom is 0.0429 e. The van der Waals surface area contributed by atoms with Crippen LogP contribution in [0.25, 0.3) is 0 Å². The highest BCUT2D eigenvalue weighted by Gasteiger charge is 2.13. The summed E-state index contributed by atoms with van der Waals surface area (Å²) in [6, 6.07) is 17.5. The predicted molar refractivity (Wildman–Crippen MR) is 72.4 cm³/mol. The number of para-hydroxylation sites is 1. The number of hydrogen-bond acceptors (Lipinski definition) is 1. The van der Waals surface area contributed by atoms with Gasteiger partial charge in [-0.25, -0.2) is 0 Å². The van der Waals surface area contributed by atoms with E-state index < -0.39 is 0 Å². The van der Waals surface area contributed by atoms with Gasteiger partial charge in [-0.05, 0) is 35.6 Å². The standard InChI is InChI=1S/C16H17N/c1-17-12-15-8-3-2-6-13(15)10-11-14-7-4-5-9-16(14)17/h2-9H,10-12H2,1H3. The van der Waals surface area contributed by atoms with Crippen molar-refractivity contribution in [3.8, 4) is 0 Å². The third-order valence-corrected chi connectivity index (χ3v) is 3.59. The van der Waals surface area contributed by atoms with E-state index >= 15 is 0 Å². The van der Waals surface area contributed by atoms with E-state index in [1.807, 2.05) is 0 Å². The van der Waals surface area contributed by atoms with Gasteiger partial charge in [0.2, 0.25) is 0 Å². The van der Waals surface area contributed by atoms with Gasteiger partial charge in [0, 0.05) is 19.3 Å². The number of aryl methyl sites for hydroxylation is 2. The van der Waals surface area contributed by atoms with E-state index in [0.717, 1.165) is 19.4 Å². The third kappa shape index (κ3) is 1.93. The lowest BCUT2D eigenvalue weighted by molar-refractivity contribution is 0.837. The van der Waals surface area contributed by atoms with Crippen LogP contribution in [0.15, 0.2) is 48.5 Å². The molecule has 0 bridgehead atoms. The van der Waals surface area contributed by atoms with Gasteiger partial charge in [0.25, 0.3) is 0 Å². The van der Waals surface area contributed by atoms with E-state index in [1.165, 1.54) is 22.4 Å². The van der Waals surface area contributed by atoms with Gasteiger partial charge in [-0.3, -0.25) is 0 Å². The smallest absolute Gasteiger partial charge is 0.0429 e. The molecule has 0 amide bonds. The van der Waals surface area contributed by atoms with Gasteiger partial charge in [0.15, 0.2) is 0 Å². The Bertz CT molecular complexity index is 531. The van der Waals surface area contributed by atoms with Gasteiger partial charge in [-0.1, -0.05) is 42.5 Å². The van der Waals surface area contributed by atoms with Crippen molar-refractivity contribution in [3.05, 3.63) is 65.2 Å². The van der Waals surface area contributed by atoms with E-state index in [1.54, 1.807) is 0 Å². The second kappa shape index (κ2) is 4.25. The lowest BCUT2D eigenvalue weighted by Gasteiger charge is -2.26. The summed E-state index contributed by atoms with van der Waals surface area (Å²) in [4.78, 5) is 2.35. The largest absolute Gasteiger partial charge is 0.370 e. The van der Waals surface area contributed by atoms with E-state index in [2.05, 4.69) is 60.5 Å². The molecule has 0 aliphatic carbocycles. The molecule has 0 fully saturated rings. The number of fused-ring (bicyclic) bond motifs is 2. The van der Waals surface area contributed by atoms with Crippen LogP contribution in [0.2, 0.25) is 0 Å². The molecule has 1 nitrogen and oxygen atoms in total. The van der Waals surface area contributed by atoms with E-state index in [0.29, 0.717) is 0 Å². The summed E-state index contributed by atoms with van der Waals surface area (Å²) in [7, 11) is 2.18. The van der Waals surface area contributed by atoms with Crippen molar-refractivity contribution in [1.82, 2.24) is 0 Å². The van der Waals surface area contributed by atoms with E-state index in [9.17, 15) is 0 Å². The van der Waals surface area contributed by atoms with Crippen LogP contribution in [0.5, 0.6) is 0 Å². The normalized spacial score (nSPS) is 14.5. The Kier molecular flexibility index (Phi) is 2.60. The minimum absolute atomic E-state index is 1.01. The molecule has 3 rings (SSSR count). The molecular formula is C16H17N. The molecule has 1 aliphatic heterocycles. The van der Waals surface area contributed by atoms with Crippen molar-refractivity contribution in [3.63, 3.8) is 0 Å². The molecule has 1 heteroatoms. The topological polar surface area (TPSA) is 3.24 Å². The van der Waals surface area contributed by atoms with Crippen LogP contribution in [0, 0.1) is 0 Å². The van der Waals surface area contributed by atoms with Gasteiger partial charge >= 0.3 is 0 Å². The Labute approximate surface area is 103 Å². The van der Waals surface area contributed by atoms with Crippen molar-refractivity contribution >= 4 is 5.69 Å². The Balaban J connectivity index is 2.03. The summed E-state index contributed by atoms with van der Waals surface area (Å²) < 4.78 is 0. The zero-order chi connectivity index (χ0) is 11.7. The summed E-state index contributed by atoms with van der Waals surface area (Å²) in [5.74, 6) is 0. The summed E-state index contributed by atoms with van der Waals surface area (Å²) in [5, 5.41) is 0.